The first-order valence-electron chi connectivity index (χ1n) is 3.99. The topological polar surface area (TPSA) is 83.8 Å². The minimum Gasteiger partial charge on any atom is -0.504 e. The second kappa shape index (κ2) is 6.56. The summed E-state index contributed by atoms with van der Waals surface area (Å²) >= 11 is 0. The van der Waals surface area contributed by atoms with Crippen LogP contribution in [0.2, 0.25) is 0 Å². The minimum atomic E-state index is -0.247. The Morgan fingerprint density at radius 2 is 1.80 bits per heavy atom. The number of rotatable bonds is 3. The van der Waals surface area contributed by atoms with Gasteiger partial charge in [0.2, 0.25) is 0 Å². The van der Waals surface area contributed by atoms with Crippen LogP contribution in [0.4, 0.5) is 0 Å². The molecule has 0 aliphatic heterocycles. The molecule has 15 heavy (non-hydrogen) atoms. The first kappa shape index (κ1) is 13.1. The van der Waals surface area contributed by atoms with Gasteiger partial charge in [0.15, 0.2) is 17.8 Å². The van der Waals surface area contributed by atoms with Crippen LogP contribution >= 0.6 is 0 Å². The van der Waals surface area contributed by atoms with Crippen LogP contribution in [-0.4, -0.2) is 37.0 Å². The molecule has 1 aromatic carbocycles. The van der Waals surface area contributed by atoms with Gasteiger partial charge >= 0.3 is 0 Å². The summed E-state index contributed by atoms with van der Waals surface area (Å²) in [6.07, 6.45) is 1.04. The van der Waals surface area contributed by atoms with Gasteiger partial charge in [0.1, 0.15) is 6.29 Å². The molecular weight excluding hydrogens is 200 g/mol. The number of carbonyl (C=O) groups excluding carboxylic acids is 2. The molecule has 2 N–H and O–H groups in total. The summed E-state index contributed by atoms with van der Waals surface area (Å²) in [4.78, 5) is 20.8. The monoisotopic (exact) mass is 212 g/mol. The van der Waals surface area contributed by atoms with E-state index in [2.05, 4.69) is 0 Å². The summed E-state index contributed by atoms with van der Waals surface area (Å²) in [6, 6.07) is 2.65. The lowest BCUT2D eigenvalue weighted by molar-refractivity contribution is 0.112. The Bertz CT molecular complexity index is 346. The molecule has 0 saturated carbocycles. The van der Waals surface area contributed by atoms with E-state index in [1.807, 2.05) is 0 Å². The van der Waals surface area contributed by atoms with E-state index in [0.29, 0.717) is 12.6 Å². The van der Waals surface area contributed by atoms with Crippen molar-refractivity contribution in [3.05, 3.63) is 23.3 Å². The number of aliphatic hydroxyl groups is 1. The number of hydrogen-bond donors (Lipinski definition) is 2. The lowest BCUT2D eigenvalue weighted by Gasteiger charge is -2.05. The molecule has 0 amide bonds. The number of benzene rings is 1. The van der Waals surface area contributed by atoms with E-state index in [4.69, 9.17) is 9.84 Å². The highest BCUT2D eigenvalue weighted by atomic mass is 16.5. The lowest BCUT2D eigenvalue weighted by atomic mass is 10.1. The van der Waals surface area contributed by atoms with Crippen molar-refractivity contribution in [2.24, 2.45) is 0 Å². The van der Waals surface area contributed by atoms with Crippen molar-refractivity contribution in [2.45, 2.75) is 0 Å². The number of phenolic OH excluding ortho intramolecular Hbond substituents is 1. The van der Waals surface area contributed by atoms with Gasteiger partial charge in [-0.3, -0.25) is 9.59 Å². The molecule has 0 radical (unpaired) electrons. The Kier molecular flexibility index (Phi) is 5.73. The van der Waals surface area contributed by atoms with Crippen LogP contribution in [0.1, 0.15) is 20.7 Å². The first-order chi connectivity index (χ1) is 7.22. The maximum atomic E-state index is 10.4. The zero-order valence-corrected chi connectivity index (χ0v) is 8.43. The molecular formula is C10H12O5. The van der Waals surface area contributed by atoms with Gasteiger partial charge in [0.25, 0.3) is 0 Å². The molecule has 0 unspecified atom stereocenters. The maximum absolute atomic E-state index is 10.4. The highest BCUT2D eigenvalue weighted by molar-refractivity contribution is 5.86. The summed E-state index contributed by atoms with van der Waals surface area (Å²) in [7, 11) is 2.35. The van der Waals surface area contributed by atoms with Crippen molar-refractivity contribution < 1.29 is 24.5 Å². The van der Waals surface area contributed by atoms with Gasteiger partial charge in [-0.25, -0.2) is 0 Å². The SMILES string of the molecule is CO.COc1cc(C=O)cc(C=O)c1O. The van der Waals surface area contributed by atoms with Crippen molar-refractivity contribution in [3.8, 4) is 11.5 Å². The van der Waals surface area contributed by atoms with Crippen molar-refractivity contribution in [2.75, 3.05) is 14.2 Å². The molecule has 1 rings (SSSR count). The lowest BCUT2D eigenvalue weighted by Crippen LogP contribution is -1.91. The van der Waals surface area contributed by atoms with Crippen molar-refractivity contribution in [3.63, 3.8) is 0 Å². The zero-order chi connectivity index (χ0) is 11.8. The molecule has 0 aliphatic carbocycles. The summed E-state index contributed by atoms with van der Waals surface area (Å²) in [5.41, 5.74) is 0.332. The van der Waals surface area contributed by atoms with Crippen molar-refractivity contribution in [1.82, 2.24) is 0 Å². The van der Waals surface area contributed by atoms with E-state index in [0.717, 1.165) is 7.11 Å². The Morgan fingerprint density at radius 1 is 1.20 bits per heavy atom. The van der Waals surface area contributed by atoms with Gasteiger partial charge in [0.05, 0.1) is 12.7 Å². The Hall–Kier alpha value is -1.88. The Balaban J connectivity index is 0.000000921. The highest BCUT2D eigenvalue weighted by Gasteiger charge is 2.08. The van der Waals surface area contributed by atoms with Gasteiger partial charge in [0, 0.05) is 12.7 Å². The number of aromatic hydroxyl groups is 1. The molecule has 1 aromatic rings. The summed E-state index contributed by atoms with van der Waals surface area (Å²) in [5, 5.41) is 16.3. The van der Waals surface area contributed by atoms with Gasteiger partial charge < -0.3 is 14.9 Å². The van der Waals surface area contributed by atoms with Crippen LogP contribution in [0.3, 0.4) is 0 Å². The third-order valence-corrected chi connectivity index (χ3v) is 1.61. The average Bonchev–Trinajstić information content (AvgIpc) is 2.32. The van der Waals surface area contributed by atoms with E-state index >= 15 is 0 Å². The van der Waals surface area contributed by atoms with Gasteiger partial charge in [-0.15, -0.1) is 0 Å². The molecule has 0 heterocycles. The van der Waals surface area contributed by atoms with E-state index in [-0.39, 0.29) is 22.6 Å². The molecule has 0 spiro atoms. The van der Waals surface area contributed by atoms with E-state index in [9.17, 15) is 14.7 Å². The molecule has 82 valence electrons. The van der Waals surface area contributed by atoms with Crippen molar-refractivity contribution >= 4 is 12.6 Å². The molecule has 0 aromatic heterocycles. The highest BCUT2D eigenvalue weighted by Crippen LogP contribution is 2.29. The first-order valence-corrected chi connectivity index (χ1v) is 3.99. The molecule has 0 atom stereocenters. The van der Waals surface area contributed by atoms with Crippen LogP contribution in [0.25, 0.3) is 0 Å². The molecule has 0 saturated heterocycles. The number of hydrogen-bond acceptors (Lipinski definition) is 5. The second-order valence-corrected chi connectivity index (χ2v) is 2.40. The van der Waals surface area contributed by atoms with Crippen LogP contribution in [0.15, 0.2) is 12.1 Å². The summed E-state index contributed by atoms with van der Waals surface area (Å²) in [6.45, 7) is 0. The normalized spacial score (nSPS) is 8.47. The standard InChI is InChI=1S/C9H8O4.CH4O/c1-13-8-3-6(4-10)2-7(5-11)9(8)12;1-2/h2-5,12H,1H3;2H,1H3. The molecule has 0 aliphatic rings. The Labute approximate surface area is 86.9 Å². The Morgan fingerprint density at radius 3 is 2.20 bits per heavy atom. The maximum Gasteiger partial charge on any atom is 0.168 e. The fourth-order valence-electron chi connectivity index (χ4n) is 0.965. The number of aldehydes is 2. The molecule has 5 heteroatoms. The predicted octanol–water partition coefficient (Wildman–Crippen LogP) is 0.634. The quantitative estimate of drug-likeness (QED) is 0.718. The van der Waals surface area contributed by atoms with Crippen LogP contribution in [0, 0.1) is 0 Å². The van der Waals surface area contributed by atoms with Gasteiger partial charge in [-0.1, -0.05) is 0 Å². The minimum absolute atomic E-state index is 0.0430. The number of carbonyl (C=O) groups is 2. The van der Waals surface area contributed by atoms with E-state index in [1.165, 1.54) is 19.2 Å². The van der Waals surface area contributed by atoms with Gasteiger partial charge in [-0.2, -0.15) is 0 Å². The van der Waals surface area contributed by atoms with Gasteiger partial charge in [-0.05, 0) is 12.1 Å². The fraction of sp³-hybridized carbons (Fsp3) is 0.200. The fourth-order valence-corrected chi connectivity index (χ4v) is 0.965. The number of phenols is 1. The average molecular weight is 212 g/mol. The van der Waals surface area contributed by atoms with E-state index < -0.39 is 0 Å². The summed E-state index contributed by atoms with van der Waals surface area (Å²) in [5.74, 6) is -0.130. The smallest absolute Gasteiger partial charge is 0.168 e. The predicted molar refractivity (Wildman–Crippen MR) is 53.6 cm³/mol. The van der Waals surface area contributed by atoms with Crippen LogP contribution < -0.4 is 4.74 Å². The number of methoxy groups -OCH3 is 1. The number of aliphatic hydroxyl groups excluding tert-OH is 1. The second-order valence-electron chi connectivity index (χ2n) is 2.40. The third kappa shape index (κ3) is 3.07. The molecule has 0 fully saturated rings. The van der Waals surface area contributed by atoms with Crippen LogP contribution in [-0.2, 0) is 0 Å². The van der Waals surface area contributed by atoms with Crippen LogP contribution in [0.5, 0.6) is 11.5 Å². The van der Waals surface area contributed by atoms with E-state index in [1.54, 1.807) is 0 Å². The third-order valence-electron chi connectivity index (χ3n) is 1.61. The molecule has 0 bridgehead atoms. The largest absolute Gasteiger partial charge is 0.504 e. The zero-order valence-electron chi connectivity index (χ0n) is 8.43. The summed E-state index contributed by atoms with van der Waals surface area (Å²) < 4.78 is 4.76. The number of ether oxygens (including phenoxy) is 1. The van der Waals surface area contributed by atoms with Crippen molar-refractivity contribution in [1.29, 1.82) is 0 Å². The molecule has 5 nitrogen and oxygen atoms in total.